The molecule has 0 radical (unpaired) electrons. The molecule has 0 saturated heterocycles. The summed E-state index contributed by atoms with van der Waals surface area (Å²) in [5, 5.41) is 12.7. The molecule has 2 aromatic rings. The Balaban J connectivity index is 2.14. The molecule has 5 nitrogen and oxygen atoms in total. The average molecular weight is 421 g/mol. The average Bonchev–Trinajstić information content (AvgIpc) is 2.83. The third kappa shape index (κ3) is 3.44. The van der Waals surface area contributed by atoms with Gasteiger partial charge in [0.1, 0.15) is 0 Å². The number of nitro benzene ring substituents is 1. The number of benzene rings is 1. The Morgan fingerprint density at radius 3 is 2.70 bits per heavy atom. The van der Waals surface area contributed by atoms with Crippen LogP contribution in [0, 0.1) is 10.1 Å². The zero-order valence-electron chi connectivity index (χ0n) is 9.84. The first-order valence-corrected chi connectivity index (χ1v) is 7.78. The van der Waals surface area contributed by atoms with E-state index in [0.29, 0.717) is 13.8 Å². The molecular formula is C12H7Br2NO4S. The van der Waals surface area contributed by atoms with Gasteiger partial charge in [0.25, 0.3) is 0 Å². The highest BCUT2D eigenvalue weighted by atomic mass is 79.9. The van der Waals surface area contributed by atoms with Crippen molar-refractivity contribution in [1.29, 1.82) is 0 Å². The van der Waals surface area contributed by atoms with Crippen molar-refractivity contribution < 1.29 is 14.5 Å². The molecule has 8 heteroatoms. The van der Waals surface area contributed by atoms with E-state index in [2.05, 4.69) is 31.9 Å². The van der Waals surface area contributed by atoms with Gasteiger partial charge in [0.05, 0.1) is 9.80 Å². The molecule has 0 amide bonds. The second-order valence-corrected chi connectivity index (χ2v) is 6.36. The molecule has 104 valence electrons. The lowest BCUT2D eigenvalue weighted by Gasteiger charge is -2.06. The molecule has 0 bridgehead atoms. The SMILES string of the molecule is O=C(COc1ccc(Br)cc1[N+](=O)[O-])c1sccc1Br. The lowest BCUT2D eigenvalue weighted by molar-refractivity contribution is -0.385. The molecule has 0 saturated carbocycles. The van der Waals surface area contributed by atoms with Gasteiger partial charge >= 0.3 is 5.69 Å². The van der Waals surface area contributed by atoms with E-state index in [1.807, 2.05) is 0 Å². The van der Waals surface area contributed by atoms with Crippen LogP contribution in [0.15, 0.2) is 38.6 Å². The quantitative estimate of drug-likeness (QED) is 0.407. The van der Waals surface area contributed by atoms with Crippen LogP contribution in [0.2, 0.25) is 0 Å². The third-order valence-corrected chi connectivity index (χ3v) is 4.72. The summed E-state index contributed by atoms with van der Waals surface area (Å²) in [4.78, 5) is 22.8. The number of rotatable bonds is 5. The minimum atomic E-state index is -0.550. The summed E-state index contributed by atoms with van der Waals surface area (Å²) in [7, 11) is 0. The van der Waals surface area contributed by atoms with Gasteiger partial charge in [-0.15, -0.1) is 11.3 Å². The second kappa shape index (κ2) is 6.47. The summed E-state index contributed by atoms with van der Waals surface area (Å²) in [6.07, 6.45) is 0. The van der Waals surface area contributed by atoms with Crippen molar-refractivity contribution in [2.75, 3.05) is 6.61 Å². The monoisotopic (exact) mass is 419 g/mol. The molecule has 1 heterocycles. The fraction of sp³-hybridized carbons (Fsp3) is 0.0833. The van der Waals surface area contributed by atoms with Crippen molar-refractivity contribution in [2.45, 2.75) is 0 Å². The van der Waals surface area contributed by atoms with Crippen LogP contribution in [-0.4, -0.2) is 17.3 Å². The van der Waals surface area contributed by atoms with Crippen LogP contribution in [0.3, 0.4) is 0 Å². The van der Waals surface area contributed by atoms with Crippen molar-refractivity contribution in [3.05, 3.63) is 53.6 Å². The number of ether oxygens (including phenoxy) is 1. The van der Waals surface area contributed by atoms with E-state index in [1.54, 1.807) is 17.5 Å². The van der Waals surface area contributed by atoms with Crippen LogP contribution in [0.4, 0.5) is 5.69 Å². The Morgan fingerprint density at radius 1 is 1.35 bits per heavy atom. The third-order valence-electron chi connectivity index (χ3n) is 2.35. The van der Waals surface area contributed by atoms with Gasteiger partial charge in [-0.25, -0.2) is 0 Å². The zero-order chi connectivity index (χ0) is 14.7. The molecule has 0 fully saturated rings. The van der Waals surface area contributed by atoms with E-state index in [9.17, 15) is 14.9 Å². The lowest BCUT2D eigenvalue weighted by atomic mass is 10.3. The second-order valence-electron chi connectivity index (χ2n) is 3.68. The number of thiophene rings is 1. The zero-order valence-corrected chi connectivity index (χ0v) is 13.8. The van der Waals surface area contributed by atoms with Crippen LogP contribution in [0.25, 0.3) is 0 Å². The fourth-order valence-electron chi connectivity index (χ4n) is 1.46. The Hall–Kier alpha value is -1.25. The normalized spacial score (nSPS) is 10.3. The Labute approximate surface area is 135 Å². The minimum Gasteiger partial charge on any atom is -0.478 e. The van der Waals surface area contributed by atoms with Crippen molar-refractivity contribution in [3.63, 3.8) is 0 Å². The van der Waals surface area contributed by atoms with Gasteiger partial charge in [0, 0.05) is 15.0 Å². The molecule has 1 aromatic carbocycles. The summed E-state index contributed by atoms with van der Waals surface area (Å²) in [5.74, 6) is -0.164. The van der Waals surface area contributed by atoms with E-state index in [4.69, 9.17) is 4.74 Å². The van der Waals surface area contributed by atoms with Gasteiger partial charge in [0.15, 0.2) is 12.4 Å². The van der Waals surface area contributed by atoms with Gasteiger partial charge in [-0.2, -0.15) is 0 Å². The van der Waals surface area contributed by atoms with Gasteiger partial charge < -0.3 is 4.74 Å². The van der Waals surface area contributed by atoms with Crippen molar-refractivity contribution >= 4 is 54.7 Å². The number of hydrogen-bond acceptors (Lipinski definition) is 5. The van der Waals surface area contributed by atoms with E-state index in [-0.39, 0.29) is 23.8 Å². The fourth-order valence-corrected chi connectivity index (χ4v) is 3.33. The summed E-state index contributed by atoms with van der Waals surface area (Å²) in [6.45, 7) is -0.248. The van der Waals surface area contributed by atoms with E-state index < -0.39 is 4.92 Å². The highest BCUT2D eigenvalue weighted by Gasteiger charge is 2.18. The first kappa shape index (κ1) is 15.1. The maximum atomic E-state index is 11.9. The Bertz CT molecular complexity index is 671. The van der Waals surface area contributed by atoms with E-state index in [0.717, 1.165) is 0 Å². The van der Waals surface area contributed by atoms with Crippen molar-refractivity contribution in [2.24, 2.45) is 0 Å². The van der Waals surface area contributed by atoms with Crippen molar-refractivity contribution in [1.82, 2.24) is 0 Å². The smallest absolute Gasteiger partial charge is 0.312 e. The largest absolute Gasteiger partial charge is 0.478 e. The van der Waals surface area contributed by atoms with Crippen molar-refractivity contribution in [3.8, 4) is 5.75 Å². The topological polar surface area (TPSA) is 69.4 Å². The predicted octanol–water partition coefficient (Wildman–Crippen LogP) is 4.44. The molecule has 0 atom stereocenters. The van der Waals surface area contributed by atoms with Gasteiger partial charge in [-0.05, 0) is 39.5 Å². The number of hydrogen-bond donors (Lipinski definition) is 0. The first-order valence-electron chi connectivity index (χ1n) is 5.32. The Kier molecular flexibility index (Phi) is 4.90. The van der Waals surface area contributed by atoms with E-state index in [1.165, 1.54) is 23.5 Å². The molecule has 0 N–H and O–H groups in total. The van der Waals surface area contributed by atoms with E-state index >= 15 is 0 Å². The number of nitrogens with zero attached hydrogens (tertiary/aromatic N) is 1. The maximum Gasteiger partial charge on any atom is 0.312 e. The molecule has 0 spiro atoms. The lowest BCUT2D eigenvalue weighted by Crippen LogP contribution is -2.11. The molecule has 0 unspecified atom stereocenters. The highest BCUT2D eigenvalue weighted by Crippen LogP contribution is 2.30. The number of ketones is 1. The van der Waals surface area contributed by atoms with Gasteiger partial charge in [-0.1, -0.05) is 15.9 Å². The van der Waals surface area contributed by atoms with Gasteiger partial charge in [0.2, 0.25) is 5.78 Å². The maximum absolute atomic E-state index is 11.9. The van der Waals surface area contributed by atoms with Gasteiger partial charge in [-0.3, -0.25) is 14.9 Å². The van der Waals surface area contributed by atoms with Crippen LogP contribution >= 0.6 is 43.2 Å². The summed E-state index contributed by atoms with van der Waals surface area (Å²) < 4.78 is 6.54. The number of halogens is 2. The molecule has 20 heavy (non-hydrogen) atoms. The van der Waals surface area contributed by atoms with Crippen LogP contribution in [0.5, 0.6) is 5.75 Å². The number of nitro groups is 1. The molecule has 0 aliphatic rings. The number of carbonyl (C=O) groups is 1. The van der Waals surface area contributed by atoms with Crippen LogP contribution < -0.4 is 4.74 Å². The molecule has 0 aliphatic heterocycles. The molecule has 0 aliphatic carbocycles. The Morgan fingerprint density at radius 2 is 2.10 bits per heavy atom. The molecular weight excluding hydrogens is 414 g/mol. The summed E-state index contributed by atoms with van der Waals surface area (Å²) in [5.41, 5.74) is -0.183. The molecule has 2 rings (SSSR count). The minimum absolute atomic E-state index is 0.0687. The molecule has 1 aromatic heterocycles. The van der Waals surface area contributed by atoms with Crippen LogP contribution in [0.1, 0.15) is 9.67 Å². The predicted molar refractivity (Wildman–Crippen MR) is 82.6 cm³/mol. The summed E-state index contributed by atoms with van der Waals surface area (Å²) in [6, 6.07) is 6.17. The summed E-state index contributed by atoms with van der Waals surface area (Å²) >= 11 is 7.70. The number of carbonyl (C=O) groups excluding carboxylic acids is 1. The van der Waals surface area contributed by atoms with Crippen LogP contribution in [-0.2, 0) is 0 Å². The number of Topliss-reactive ketones (excluding diaryl/α,β-unsaturated/α-hetero) is 1. The highest BCUT2D eigenvalue weighted by molar-refractivity contribution is 9.10. The standard InChI is InChI=1S/C12H7Br2NO4S/c13-7-1-2-11(9(5-7)15(17)18)19-6-10(16)12-8(14)3-4-20-12/h1-5H,6H2. The first-order chi connectivity index (χ1) is 9.49.